The summed E-state index contributed by atoms with van der Waals surface area (Å²) in [5.74, 6) is 0. The fraction of sp³-hybridized carbons (Fsp3) is 0.765. The number of hydrogen-bond donors (Lipinski definition) is 2. The lowest BCUT2D eigenvalue weighted by atomic mass is 9.76. The molecule has 1 rings (SSSR count). The van der Waals surface area contributed by atoms with Gasteiger partial charge in [-0.3, -0.25) is 0 Å². The van der Waals surface area contributed by atoms with Crippen LogP contribution in [0.2, 0.25) is 0 Å². The largest absolute Gasteiger partial charge is 0.313 e. The first-order valence-corrected chi connectivity index (χ1v) is 7.55. The molecule has 2 N–H and O–H groups in total. The molecule has 0 spiro atoms. The van der Waals surface area contributed by atoms with Gasteiger partial charge in [0.25, 0.3) is 0 Å². The fourth-order valence-electron chi connectivity index (χ4n) is 2.91. The minimum Gasteiger partial charge on any atom is -0.313 e. The van der Waals surface area contributed by atoms with E-state index >= 15 is 0 Å². The molecule has 0 unspecified atom stereocenters. The molecule has 0 aromatic carbocycles. The zero-order valence-corrected chi connectivity index (χ0v) is 14.1. The minimum atomic E-state index is 0.155. The van der Waals surface area contributed by atoms with E-state index in [4.69, 9.17) is 0 Å². The third-order valence-corrected chi connectivity index (χ3v) is 4.75. The highest BCUT2D eigenvalue weighted by Crippen LogP contribution is 2.46. The highest BCUT2D eigenvalue weighted by atomic mass is 15.0. The van der Waals surface area contributed by atoms with Gasteiger partial charge in [0.15, 0.2) is 0 Å². The maximum atomic E-state index is 3.65. The zero-order valence-electron chi connectivity index (χ0n) is 14.1. The molecule has 0 bridgehead atoms. The van der Waals surface area contributed by atoms with Crippen LogP contribution in [0.25, 0.3) is 0 Å². The van der Waals surface area contributed by atoms with Crippen molar-refractivity contribution in [2.75, 3.05) is 13.1 Å². The van der Waals surface area contributed by atoms with E-state index in [1.165, 1.54) is 22.3 Å². The Morgan fingerprint density at radius 3 is 1.32 bits per heavy atom. The van der Waals surface area contributed by atoms with Gasteiger partial charge < -0.3 is 10.6 Å². The van der Waals surface area contributed by atoms with E-state index in [9.17, 15) is 0 Å². The molecule has 0 heterocycles. The summed E-state index contributed by atoms with van der Waals surface area (Å²) in [6.07, 6.45) is 0. The van der Waals surface area contributed by atoms with Crippen molar-refractivity contribution in [2.45, 2.75) is 67.5 Å². The molecule has 1 aliphatic carbocycles. The zero-order chi connectivity index (χ0) is 14.8. The lowest BCUT2D eigenvalue weighted by Crippen LogP contribution is -2.46. The van der Waals surface area contributed by atoms with Crippen LogP contribution >= 0.6 is 0 Å². The van der Waals surface area contributed by atoms with Crippen molar-refractivity contribution in [2.24, 2.45) is 5.41 Å². The topological polar surface area (TPSA) is 24.1 Å². The summed E-state index contributed by atoms with van der Waals surface area (Å²) in [4.78, 5) is 0. The molecule has 0 aliphatic heterocycles. The summed E-state index contributed by atoms with van der Waals surface area (Å²) in [6, 6.07) is 1.05. The molecule has 110 valence electrons. The smallest absolute Gasteiger partial charge is 0.0376 e. The summed E-state index contributed by atoms with van der Waals surface area (Å²) in [7, 11) is 0. The van der Waals surface area contributed by atoms with Crippen molar-refractivity contribution >= 4 is 0 Å². The van der Waals surface area contributed by atoms with Crippen LogP contribution in [-0.2, 0) is 0 Å². The molecule has 2 heteroatoms. The van der Waals surface area contributed by atoms with Gasteiger partial charge in [-0.05, 0) is 38.8 Å². The maximum Gasteiger partial charge on any atom is 0.0376 e. The van der Waals surface area contributed by atoms with Crippen molar-refractivity contribution in [3.63, 3.8) is 0 Å². The van der Waals surface area contributed by atoms with Gasteiger partial charge in [-0.15, -0.1) is 0 Å². The number of allylic oxidation sites excluding steroid dienone is 2. The Labute approximate surface area is 119 Å². The van der Waals surface area contributed by atoms with Gasteiger partial charge in [-0.1, -0.05) is 38.8 Å². The van der Waals surface area contributed by atoms with Crippen LogP contribution in [-0.4, -0.2) is 25.2 Å². The van der Waals surface area contributed by atoms with E-state index in [1.807, 2.05) is 0 Å². The first kappa shape index (κ1) is 16.5. The molecule has 2 nitrogen and oxygen atoms in total. The molecule has 0 saturated carbocycles. The quantitative estimate of drug-likeness (QED) is 0.765. The van der Waals surface area contributed by atoms with Crippen molar-refractivity contribution in [1.82, 2.24) is 10.6 Å². The van der Waals surface area contributed by atoms with Crippen molar-refractivity contribution in [1.29, 1.82) is 0 Å². The molecule has 0 amide bonds. The van der Waals surface area contributed by atoms with Crippen LogP contribution < -0.4 is 10.6 Å². The maximum absolute atomic E-state index is 3.65. The Morgan fingerprint density at radius 1 is 0.737 bits per heavy atom. The Morgan fingerprint density at radius 2 is 1.05 bits per heavy atom. The molecular formula is C17H32N2. The lowest BCUT2D eigenvalue weighted by Gasteiger charge is -2.36. The third kappa shape index (κ3) is 3.29. The molecule has 0 radical (unpaired) electrons. The number of hydrogen-bond acceptors (Lipinski definition) is 2. The number of rotatable bonds is 6. The Balaban J connectivity index is 3.06. The first-order chi connectivity index (χ1) is 8.72. The first-order valence-electron chi connectivity index (χ1n) is 7.55. The average molecular weight is 264 g/mol. The van der Waals surface area contributed by atoms with Crippen molar-refractivity contribution in [3.8, 4) is 0 Å². The summed E-state index contributed by atoms with van der Waals surface area (Å²) in [5.41, 5.74) is 6.18. The van der Waals surface area contributed by atoms with Gasteiger partial charge >= 0.3 is 0 Å². The predicted molar refractivity (Wildman–Crippen MR) is 85.5 cm³/mol. The molecule has 19 heavy (non-hydrogen) atoms. The average Bonchev–Trinajstić information content (AvgIpc) is 2.49. The second-order valence-corrected chi connectivity index (χ2v) is 6.65. The second-order valence-electron chi connectivity index (χ2n) is 6.65. The van der Waals surface area contributed by atoms with Crippen molar-refractivity contribution in [3.05, 3.63) is 22.3 Å². The van der Waals surface area contributed by atoms with Crippen LogP contribution in [0, 0.1) is 5.41 Å². The van der Waals surface area contributed by atoms with E-state index in [2.05, 4.69) is 66.0 Å². The standard InChI is InChI=1S/C17H32N2/c1-11(2)18-9-17(10-19-12(3)4)15(7)13(5)14(6)16(17)8/h11-12,18-19H,9-10H2,1-8H3. The van der Waals surface area contributed by atoms with Crippen LogP contribution in [0.1, 0.15) is 55.4 Å². The SMILES string of the molecule is CC1=C(C)C(CNC(C)C)(CNC(C)C)C(C)=C1C. The molecular weight excluding hydrogens is 232 g/mol. The van der Waals surface area contributed by atoms with Crippen LogP contribution in [0.15, 0.2) is 22.3 Å². The second kappa shape index (κ2) is 6.23. The normalized spacial score (nSPS) is 19.3. The minimum absolute atomic E-state index is 0.155. The van der Waals surface area contributed by atoms with E-state index in [-0.39, 0.29) is 5.41 Å². The number of nitrogens with one attached hydrogen (secondary N) is 2. The summed E-state index contributed by atoms with van der Waals surface area (Å²) in [5, 5.41) is 7.29. The van der Waals surface area contributed by atoms with Gasteiger partial charge in [0.2, 0.25) is 0 Å². The van der Waals surface area contributed by atoms with Crippen LogP contribution in [0.5, 0.6) is 0 Å². The highest BCUT2D eigenvalue weighted by Gasteiger charge is 2.40. The van der Waals surface area contributed by atoms with Gasteiger partial charge in [-0.2, -0.15) is 0 Å². The third-order valence-electron chi connectivity index (χ3n) is 4.75. The van der Waals surface area contributed by atoms with Gasteiger partial charge in [0.1, 0.15) is 0 Å². The summed E-state index contributed by atoms with van der Waals surface area (Å²) < 4.78 is 0. The van der Waals surface area contributed by atoms with E-state index < -0.39 is 0 Å². The van der Waals surface area contributed by atoms with E-state index in [0.717, 1.165) is 13.1 Å². The molecule has 0 aromatic heterocycles. The lowest BCUT2D eigenvalue weighted by molar-refractivity contribution is 0.348. The van der Waals surface area contributed by atoms with Crippen molar-refractivity contribution < 1.29 is 0 Å². The van der Waals surface area contributed by atoms with Crippen LogP contribution in [0.3, 0.4) is 0 Å². The molecule has 0 saturated heterocycles. The van der Waals surface area contributed by atoms with E-state index in [1.54, 1.807) is 0 Å². The molecule has 1 aliphatic rings. The van der Waals surface area contributed by atoms with Gasteiger partial charge in [0, 0.05) is 30.6 Å². The van der Waals surface area contributed by atoms with Crippen LogP contribution in [0.4, 0.5) is 0 Å². The van der Waals surface area contributed by atoms with Gasteiger partial charge in [-0.25, -0.2) is 0 Å². The Hall–Kier alpha value is -0.600. The Bertz CT molecular complexity index is 348. The molecule has 0 atom stereocenters. The Kier molecular flexibility index (Phi) is 5.40. The monoisotopic (exact) mass is 264 g/mol. The predicted octanol–water partition coefficient (Wildman–Crippen LogP) is 3.66. The molecule has 0 fully saturated rings. The summed E-state index contributed by atoms with van der Waals surface area (Å²) in [6.45, 7) is 20.1. The van der Waals surface area contributed by atoms with E-state index in [0.29, 0.717) is 12.1 Å². The highest BCUT2D eigenvalue weighted by molar-refractivity contribution is 5.51. The molecule has 0 aromatic rings. The fourth-order valence-corrected chi connectivity index (χ4v) is 2.91. The summed E-state index contributed by atoms with van der Waals surface area (Å²) >= 11 is 0. The van der Waals surface area contributed by atoms with Gasteiger partial charge in [0.05, 0.1) is 0 Å².